The molecule has 1 aromatic carbocycles. The summed E-state index contributed by atoms with van der Waals surface area (Å²) in [6.45, 7) is 0.264. The number of ether oxygens (including phenoxy) is 2. The minimum absolute atomic E-state index is 0.0767. The Balaban J connectivity index is 2.13. The number of rotatable bonds is 9. The fourth-order valence-electron chi connectivity index (χ4n) is 1.53. The molecule has 20 heavy (non-hydrogen) atoms. The van der Waals surface area contributed by atoms with Gasteiger partial charge >= 0.3 is 5.97 Å². The average molecular weight is 281 g/mol. The predicted molar refractivity (Wildman–Crippen MR) is 72.4 cm³/mol. The lowest BCUT2D eigenvalue weighted by Crippen LogP contribution is -2.39. The molecule has 0 aliphatic heterocycles. The van der Waals surface area contributed by atoms with Gasteiger partial charge in [0.1, 0.15) is 6.61 Å². The Morgan fingerprint density at radius 1 is 1.30 bits per heavy atom. The number of hydrogen-bond donors (Lipinski definition) is 2. The predicted octanol–water partition coefficient (Wildman–Crippen LogP) is 0.461. The molecule has 0 radical (unpaired) electrons. The number of methoxy groups -OCH3 is 1. The van der Waals surface area contributed by atoms with Gasteiger partial charge in [-0.25, -0.2) is 4.79 Å². The molecule has 110 valence electrons. The zero-order valence-corrected chi connectivity index (χ0v) is 11.4. The molecule has 0 aliphatic carbocycles. The second-order valence-corrected chi connectivity index (χ2v) is 4.15. The van der Waals surface area contributed by atoms with E-state index in [0.29, 0.717) is 6.61 Å². The molecule has 0 bridgehead atoms. The molecule has 1 aromatic rings. The van der Waals surface area contributed by atoms with Crippen LogP contribution < -0.4 is 5.32 Å². The van der Waals surface area contributed by atoms with Crippen molar-refractivity contribution in [2.24, 2.45) is 0 Å². The van der Waals surface area contributed by atoms with Gasteiger partial charge in [0.25, 0.3) is 0 Å². The molecule has 1 atom stereocenters. The number of amides is 1. The molecule has 1 amide bonds. The number of aliphatic carboxylic acids is 1. The first kappa shape index (κ1) is 16.1. The largest absolute Gasteiger partial charge is 0.479 e. The topological polar surface area (TPSA) is 84.9 Å². The molecule has 0 heterocycles. The number of benzene rings is 1. The van der Waals surface area contributed by atoms with Gasteiger partial charge in [0.15, 0.2) is 6.10 Å². The highest BCUT2D eigenvalue weighted by Gasteiger charge is 2.16. The first-order chi connectivity index (χ1) is 9.63. The van der Waals surface area contributed by atoms with Crippen LogP contribution >= 0.6 is 0 Å². The number of carboxylic acid groups (broad SMARTS) is 1. The van der Waals surface area contributed by atoms with Crippen LogP contribution in [0.15, 0.2) is 30.3 Å². The summed E-state index contributed by atoms with van der Waals surface area (Å²) in [6.07, 6.45) is -0.313. The van der Waals surface area contributed by atoms with E-state index >= 15 is 0 Å². The molecule has 1 unspecified atom stereocenters. The van der Waals surface area contributed by atoms with Crippen LogP contribution in [0.3, 0.4) is 0 Å². The van der Waals surface area contributed by atoms with Crippen molar-refractivity contribution in [3.8, 4) is 0 Å². The first-order valence-corrected chi connectivity index (χ1v) is 6.27. The van der Waals surface area contributed by atoms with E-state index in [1.54, 1.807) is 0 Å². The van der Waals surface area contributed by atoms with Crippen LogP contribution in [0.5, 0.6) is 0 Å². The molecular formula is C14H19NO5. The van der Waals surface area contributed by atoms with Crippen molar-refractivity contribution < 1.29 is 24.2 Å². The Bertz CT molecular complexity index is 421. The van der Waals surface area contributed by atoms with Crippen LogP contribution in [0, 0.1) is 0 Å². The SMILES string of the molecule is COC(CNC(=O)COCCc1ccccc1)C(=O)O. The molecule has 0 fully saturated rings. The van der Waals surface area contributed by atoms with Gasteiger partial charge in [-0.05, 0) is 12.0 Å². The average Bonchev–Trinajstić information content (AvgIpc) is 2.45. The van der Waals surface area contributed by atoms with Crippen molar-refractivity contribution >= 4 is 11.9 Å². The van der Waals surface area contributed by atoms with E-state index in [1.165, 1.54) is 7.11 Å². The van der Waals surface area contributed by atoms with Gasteiger partial charge in [-0.1, -0.05) is 30.3 Å². The number of hydrogen-bond acceptors (Lipinski definition) is 4. The standard InChI is InChI=1S/C14H19NO5/c1-19-12(14(17)18)9-15-13(16)10-20-8-7-11-5-3-2-4-6-11/h2-6,12H,7-10H2,1H3,(H,15,16)(H,17,18). The van der Waals surface area contributed by atoms with Gasteiger partial charge < -0.3 is 19.9 Å². The van der Waals surface area contributed by atoms with Crippen LogP contribution in [0.2, 0.25) is 0 Å². The minimum Gasteiger partial charge on any atom is -0.479 e. The molecular weight excluding hydrogens is 262 g/mol. The summed E-state index contributed by atoms with van der Waals surface area (Å²) < 4.78 is 9.92. The normalized spacial score (nSPS) is 11.8. The second kappa shape index (κ2) is 9.06. The van der Waals surface area contributed by atoms with Crippen LogP contribution in [0.1, 0.15) is 5.56 Å². The van der Waals surface area contributed by atoms with E-state index in [0.717, 1.165) is 12.0 Å². The summed E-state index contributed by atoms with van der Waals surface area (Å²) in [6, 6.07) is 9.79. The van der Waals surface area contributed by atoms with E-state index in [1.807, 2.05) is 30.3 Å². The van der Waals surface area contributed by atoms with Crippen LogP contribution in [-0.2, 0) is 25.5 Å². The highest BCUT2D eigenvalue weighted by molar-refractivity contribution is 5.79. The minimum atomic E-state index is -1.11. The Hall–Kier alpha value is -1.92. The summed E-state index contributed by atoms with van der Waals surface area (Å²) in [5, 5.41) is 11.2. The van der Waals surface area contributed by atoms with Gasteiger partial charge in [-0.3, -0.25) is 4.79 Å². The maximum atomic E-state index is 11.4. The van der Waals surface area contributed by atoms with Gasteiger partial charge in [0, 0.05) is 7.11 Å². The third kappa shape index (κ3) is 6.31. The number of carbonyl (C=O) groups excluding carboxylic acids is 1. The molecule has 0 aromatic heterocycles. The Morgan fingerprint density at radius 2 is 2.00 bits per heavy atom. The zero-order chi connectivity index (χ0) is 14.8. The third-order valence-corrected chi connectivity index (χ3v) is 2.66. The number of nitrogens with one attached hydrogen (secondary N) is 1. The lowest BCUT2D eigenvalue weighted by molar-refractivity contribution is -0.148. The second-order valence-electron chi connectivity index (χ2n) is 4.15. The lowest BCUT2D eigenvalue weighted by atomic mass is 10.2. The van der Waals surface area contributed by atoms with Gasteiger partial charge in [0.2, 0.25) is 5.91 Å². The van der Waals surface area contributed by atoms with E-state index < -0.39 is 12.1 Å². The highest BCUT2D eigenvalue weighted by Crippen LogP contribution is 1.99. The first-order valence-electron chi connectivity index (χ1n) is 6.27. The molecule has 2 N–H and O–H groups in total. The summed E-state index contributed by atoms with van der Waals surface area (Å²) >= 11 is 0. The van der Waals surface area contributed by atoms with Crippen molar-refractivity contribution in [3.63, 3.8) is 0 Å². The number of carbonyl (C=O) groups is 2. The van der Waals surface area contributed by atoms with Gasteiger partial charge in [-0.15, -0.1) is 0 Å². The monoisotopic (exact) mass is 281 g/mol. The fraction of sp³-hybridized carbons (Fsp3) is 0.429. The number of carboxylic acids is 1. The highest BCUT2D eigenvalue weighted by atomic mass is 16.5. The lowest BCUT2D eigenvalue weighted by Gasteiger charge is -2.11. The summed E-state index contributed by atoms with van der Waals surface area (Å²) in [5.74, 6) is -1.47. The quantitative estimate of drug-likeness (QED) is 0.642. The zero-order valence-electron chi connectivity index (χ0n) is 11.4. The van der Waals surface area contributed by atoms with Crippen molar-refractivity contribution in [1.82, 2.24) is 5.32 Å². The van der Waals surface area contributed by atoms with Crippen LogP contribution in [0.4, 0.5) is 0 Å². The van der Waals surface area contributed by atoms with E-state index in [9.17, 15) is 9.59 Å². The molecule has 0 saturated heterocycles. The maximum absolute atomic E-state index is 11.4. The smallest absolute Gasteiger partial charge is 0.334 e. The van der Waals surface area contributed by atoms with Crippen LogP contribution in [0.25, 0.3) is 0 Å². The summed E-state index contributed by atoms with van der Waals surface area (Å²) in [4.78, 5) is 22.1. The van der Waals surface area contributed by atoms with Crippen molar-refractivity contribution in [1.29, 1.82) is 0 Å². The maximum Gasteiger partial charge on any atom is 0.334 e. The van der Waals surface area contributed by atoms with E-state index in [4.69, 9.17) is 14.6 Å². The Labute approximate surface area is 117 Å². The third-order valence-electron chi connectivity index (χ3n) is 2.66. The Morgan fingerprint density at radius 3 is 2.60 bits per heavy atom. The molecule has 6 heteroatoms. The molecule has 0 saturated carbocycles. The van der Waals surface area contributed by atoms with Crippen LogP contribution in [-0.4, -0.2) is 50.0 Å². The Kier molecular flexibility index (Phi) is 7.31. The fourth-order valence-corrected chi connectivity index (χ4v) is 1.53. The van der Waals surface area contributed by atoms with Crippen molar-refractivity contribution in [2.45, 2.75) is 12.5 Å². The van der Waals surface area contributed by atoms with Gasteiger partial charge in [0.05, 0.1) is 13.2 Å². The van der Waals surface area contributed by atoms with E-state index in [-0.39, 0.29) is 19.1 Å². The molecule has 1 rings (SSSR count). The molecule has 0 aliphatic rings. The molecule has 0 spiro atoms. The van der Waals surface area contributed by atoms with Crippen molar-refractivity contribution in [3.05, 3.63) is 35.9 Å². The van der Waals surface area contributed by atoms with Crippen molar-refractivity contribution in [2.75, 3.05) is 26.9 Å². The van der Waals surface area contributed by atoms with Gasteiger partial charge in [-0.2, -0.15) is 0 Å². The molecule has 6 nitrogen and oxygen atoms in total. The van der Waals surface area contributed by atoms with E-state index in [2.05, 4.69) is 5.32 Å². The summed E-state index contributed by atoms with van der Waals surface area (Å²) in [5.41, 5.74) is 1.14. The summed E-state index contributed by atoms with van der Waals surface area (Å²) in [7, 11) is 1.28.